The summed E-state index contributed by atoms with van der Waals surface area (Å²) < 4.78 is 0. The molecule has 92 valence electrons. The number of carboxylic acids is 1. The van der Waals surface area contributed by atoms with Gasteiger partial charge in [0.05, 0.1) is 5.69 Å². The highest BCUT2D eigenvalue weighted by molar-refractivity contribution is 7.99. The summed E-state index contributed by atoms with van der Waals surface area (Å²) in [4.78, 5) is 19.7. The van der Waals surface area contributed by atoms with Crippen LogP contribution in [0.15, 0.2) is 17.7 Å². The molecule has 0 aromatic carbocycles. The van der Waals surface area contributed by atoms with Crippen LogP contribution in [-0.2, 0) is 0 Å². The predicted molar refractivity (Wildman–Crippen MR) is 68.7 cm³/mol. The van der Waals surface area contributed by atoms with Crippen molar-refractivity contribution in [3.05, 3.63) is 29.7 Å². The van der Waals surface area contributed by atoms with Gasteiger partial charge >= 0.3 is 5.97 Å². The first-order valence-corrected chi connectivity index (χ1v) is 6.31. The highest BCUT2D eigenvalue weighted by Gasteiger charge is 2.18. The predicted octanol–water partition coefficient (Wildman–Crippen LogP) is 2.88. The summed E-state index contributed by atoms with van der Waals surface area (Å²) in [5.74, 6) is 0.511. The molecule has 1 heterocycles. The van der Waals surface area contributed by atoms with E-state index in [9.17, 15) is 4.79 Å². The number of carbonyl (C=O) groups is 1. The fraction of sp³-hybridized carbons (Fsp3) is 0.417. The number of hydrogen-bond donors (Lipinski definition) is 1. The summed E-state index contributed by atoms with van der Waals surface area (Å²) in [5, 5.41) is 9.68. The van der Waals surface area contributed by atoms with Crippen LogP contribution in [-0.4, -0.2) is 26.8 Å². The number of thioether (sulfide) groups is 1. The van der Waals surface area contributed by atoms with E-state index in [1.807, 2.05) is 13.8 Å². The number of aromatic carboxylic acids is 1. The molecule has 1 aromatic heterocycles. The molecule has 0 aliphatic carbocycles. The first-order valence-electron chi connectivity index (χ1n) is 5.32. The number of nitrogens with zero attached hydrogens (tertiary/aromatic N) is 2. The molecule has 1 rings (SSSR count). The Morgan fingerprint density at radius 1 is 1.53 bits per heavy atom. The maximum absolute atomic E-state index is 11.2. The van der Waals surface area contributed by atoms with Gasteiger partial charge in [0.25, 0.3) is 0 Å². The number of hydrogen-bond acceptors (Lipinski definition) is 4. The van der Waals surface area contributed by atoms with Crippen molar-refractivity contribution < 1.29 is 9.90 Å². The van der Waals surface area contributed by atoms with Crippen molar-refractivity contribution in [2.24, 2.45) is 0 Å². The maximum atomic E-state index is 11.2. The highest BCUT2D eigenvalue weighted by atomic mass is 32.2. The number of carboxylic acid groups (broad SMARTS) is 1. The van der Waals surface area contributed by atoms with E-state index in [4.69, 9.17) is 5.11 Å². The van der Waals surface area contributed by atoms with E-state index >= 15 is 0 Å². The van der Waals surface area contributed by atoms with Crippen molar-refractivity contribution in [2.75, 3.05) is 5.75 Å². The lowest BCUT2D eigenvalue weighted by Gasteiger charge is -2.11. The Labute approximate surface area is 105 Å². The lowest BCUT2D eigenvalue weighted by molar-refractivity contribution is 0.0690. The molecule has 0 saturated heterocycles. The maximum Gasteiger partial charge on any atom is 0.340 e. The minimum absolute atomic E-state index is 0.180. The average molecular weight is 252 g/mol. The molecule has 0 spiro atoms. The molecule has 1 N–H and O–H groups in total. The molecule has 0 fully saturated rings. The van der Waals surface area contributed by atoms with Crippen molar-refractivity contribution in [3.8, 4) is 0 Å². The first-order chi connectivity index (χ1) is 7.97. The molecule has 0 aliphatic heterocycles. The molecule has 4 nitrogen and oxygen atoms in total. The molecule has 0 radical (unpaired) electrons. The fourth-order valence-electron chi connectivity index (χ4n) is 1.31. The highest BCUT2D eigenvalue weighted by Crippen LogP contribution is 2.24. The Bertz CT molecular complexity index is 444. The van der Waals surface area contributed by atoms with E-state index in [0.29, 0.717) is 22.3 Å². The van der Waals surface area contributed by atoms with Gasteiger partial charge in [-0.15, -0.1) is 18.3 Å². The second kappa shape index (κ2) is 5.82. The third kappa shape index (κ3) is 3.30. The normalized spacial score (nSPS) is 10.6. The fourth-order valence-corrected chi connectivity index (χ4v) is 2.13. The number of aryl methyl sites for hydroxylation is 1. The van der Waals surface area contributed by atoms with Crippen LogP contribution in [0, 0.1) is 6.92 Å². The van der Waals surface area contributed by atoms with E-state index in [-0.39, 0.29) is 11.5 Å². The van der Waals surface area contributed by atoms with Crippen LogP contribution < -0.4 is 0 Å². The first kappa shape index (κ1) is 13.7. The molecule has 0 amide bonds. The van der Waals surface area contributed by atoms with Crippen LogP contribution in [0.1, 0.15) is 41.6 Å². The van der Waals surface area contributed by atoms with Crippen molar-refractivity contribution in [1.29, 1.82) is 0 Å². The molecule has 0 bridgehead atoms. The monoisotopic (exact) mass is 252 g/mol. The third-order valence-corrected chi connectivity index (χ3v) is 3.11. The van der Waals surface area contributed by atoms with Gasteiger partial charge in [0.15, 0.2) is 0 Å². The molecule has 5 heteroatoms. The van der Waals surface area contributed by atoms with E-state index in [2.05, 4.69) is 16.5 Å². The zero-order valence-corrected chi connectivity index (χ0v) is 11.0. The summed E-state index contributed by atoms with van der Waals surface area (Å²) in [7, 11) is 0. The van der Waals surface area contributed by atoms with Crippen LogP contribution in [0.4, 0.5) is 0 Å². The number of rotatable bonds is 5. The Balaban J connectivity index is 3.28. The Morgan fingerprint density at radius 3 is 2.65 bits per heavy atom. The van der Waals surface area contributed by atoms with Gasteiger partial charge in [0.2, 0.25) is 0 Å². The van der Waals surface area contributed by atoms with E-state index in [1.165, 1.54) is 11.8 Å². The minimum atomic E-state index is -0.982. The second-order valence-electron chi connectivity index (χ2n) is 3.91. The van der Waals surface area contributed by atoms with Crippen LogP contribution in [0.5, 0.6) is 0 Å². The average Bonchev–Trinajstić information content (AvgIpc) is 2.24. The summed E-state index contributed by atoms with van der Waals surface area (Å²) in [6, 6.07) is 0. The third-order valence-electron chi connectivity index (χ3n) is 2.14. The van der Waals surface area contributed by atoms with Crippen molar-refractivity contribution in [2.45, 2.75) is 31.7 Å². The van der Waals surface area contributed by atoms with Gasteiger partial charge in [0.1, 0.15) is 16.4 Å². The molecule has 0 atom stereocenters. The standard InChI is InChI=1S/C12H16N2O2S/c1-5-6-17-11-9(12(15)16)8(4)13-10(14-11)7(2)3/h5,7H,1,6H2,2-4H3,(H,15,16). The summed E-state index contributed by atoms with van der Waals surface area (Å²) in [6.07, 6.45) is 1.72. The van der Waals surface area contributed by atoms with E-state index in [0.717, 1.165) is 0 Å². The molecule has 17 heavy (non-hydrogen) atoms. The molecular formula is C12H16N2O2S. The van der Waals surface area contributed by atoms with Crippen molar-refractivity contribution in [3.63, 3.8) is 0 Å². The topological polar surface area (TPSA) is 63.1 Å². The van der Waals surface area contributed by atoms with Crippen molar-refractivity contribution in [1.82, 2.24) is 9.97 Å². The van der Waals surface area contributed by atoms with Gasteiger partial charge in [-0.3, -0.25) is 0 Å². The smallest absolute Gasteiger partial charge is 0.340 e. The molecule has 0 unspecified atom stereocenters. The lowest BCUT2D eigenvalue weighted by Crippen LogP contribution is -2.10. The molecule has 0 saturated carbocycles. The largest absolute Gasteiger partial charge is 0.478 e. The molecule has 0 aliphatic rings. The Kier molecular flexibility index (Phi) is 4.69. The van der Waals surface area contributed by atoms with Gasteiger partial charge in [-0.05, 0) is 6.92 Å². The van der Waals surface area contributed by atoms with Gasteiger partial charge in [-0.25, -0.2) is 14.8 Å². The molecule has 1 aromatic rings. The zero-order valence-electron chi connectivity index (χ0n) is 10.2. The van der Waals surface area contributed by atoms with Crippen molar-refractivity contribution >= 4 is 17.7 Å². The van der Waals surface area contributed by atoms with Crippen LogP contribution in [0.2, 0.25) is 0 Å². The van der Waals surface area contributed by atoms with E-state index < -0.39 is 5.97 Å². The Hall–Kier alpha value is -1.36. The summed E-state index contributed by atoms with van der Waals surface area (Å²) >= 11 is 1.37. The van der Waals surface area contributed by atoms with Crippen LogP contribution >= 0.6 is 11.8 Å². The second-order valence-corrected chi connectivity index (χ2v) is 4.92. The quantitative estimate of drug-likeness (QED) is 0.496. The van der Waals surface area contributed by atoms with Gasteiger partial charge in [-0.2, -0.15) is 0 Å². The van der Waals surface area contributed by atoms with Gasteiger partial charge in [-0.1, -0.05) is 19.9 Å². The number of aromatic nitrogens is 2. The van der Waals surface area contributed by atoms with Crippen LogP contribution in [0.3, 0.4) is 0 Å². The molecular weight excluding hydrogens is 236 g/mol. The van der Waals surface area contributed by atoms with Gasteiger partial charge < -0.3 is 5.11 Å². The zero-order chi connectivity index (χ0) is 13.0. The minimum Gasteiger partial charge on any atom is -0.478 e. The Morgan fingerprint density at radius 2 is 2.18 bits per heavy atom. The SMILES string of the molecule is C=CCSc1nc(C(C)C)nc(C)c1C(=O)O. The van der Waals surface area contributed by atoms with Gasteiger partial charge in [0, 0.05) is 11.7 Å². The summed E-state index contributed by atoms with van der Waals surface area (Å²) in [6.45, 7) is 9.29. The van der Waals surface area contributed by atoms with E-state index in [1.54, 1.807) is 13.0 Å². The summed E-state index contributed by atoms with van der Waals surface area (Å²) in [5.41, 5.74) is 0.712. The van der Waals surface area contributed by atoms with Crippen LogP contribution in [0.25, 0.3) is 0 Å². The lowest BCUT2D eigenvalue weighted by atomic mass is 10.2.